The van der Waals surface area contributed by atoms with Crippen LogP contribution in [0, 0.1) is 10.1 Å². The summed E-state index contributed by atoms with van der Waals surface area (Å²) in [5.74, 6) is -1.10. The van der Waals surface area contributed by atoms with Crippen LogP contribution in [0.25, 0.3) is 0 Å². The molecule has 1 N–H and O–H groups in total. The number of amides is 2. The SMILES string of the molecule is CSCCC(NC(=O)c1cccc([N+](=O)[O-])c1)C(=O)N(C)Cc1ccccc1OC(F)(F)F. The molecule has 178 valence electrons. The standard InChI is InChI=1S/C21H22F3N3O5S/c1-26(13-15-6-3-4-9-18(15)32-21(22,23)24)20(29)17(10-11-33-2)25-19(28)14-7-5-8-16(12-14)27(30)31/h3-9,12,17H,10-11,13H2,1-2H3,(H,25,28). The molecule has 33 heavy (non-hydrogen) atoms. The molecule has 0 aliphatic heterocycles. The minimum Gasteiger partial charge on any atom is -0.405 e. The first-order chi connectivity index (χ1) is 15.5. The van der Waals surface area contributed by atoms with E-state index in [0.717, 1.165) is 12.1 Å². The number of nitro groups is 1. The summed E-state index contributed by atoms with van der Waals surface area (Å²) in [4.78, 5) is 37.2. The van der Waals surface area contributed by atoms with Gasteiger partial charge < -0.3 is 15.0 Å². The van der Waals surface area contributed by atoms with E-state index < -0.39 is 34.9 Å². The highest BCUT2D eigenvalue weighted by Gasteiger charge is 2.32. The number of hydrogen-bond donors (Lipinski definition) is 1. The Morgan fingerprint density at radius 1 is 1.21 bits per heavy atom. The molecule has 2 rings (SSSR count). The predicted molar refractivity (Wildman–Crippen MR) is 117 cm³/mol. The molecule has 8 nitrogen and oxygen atoms in total. The first-order valence-electron chi connectivity index (χ1n) is 9.64. The topological polar surface area (TPSA) is 102 Å². The number of carbonyl (C=O) groups excluding carboxylic acids is 2. The maximum atomic E-state index is 13.0. The second-order valence-corrected chi connectivity index (χ2v) is 7.95. The molecular weight excluding hydrogens is 463 g/mol. The Morgan fingerprint density at radius 2 is 1.91 bits per heavy atom. The molecule has 0 aliphatic rings. The highest BCUT2D eigenvalue weighted by molar-refractivity contribution is 7.98. The number of non-ortho nitro benzene ring substituents is 1. The minimum atomic E-state index is -4.88. The van der Waals surface area contributed by atoms with Crippen LogP contribution in [0.3, 0.4) is 0 Å². The normalized spacial score (nSPS) is 12.0. The zero-order valence-corrected chi connectivity index (χ0v) is 18.6. The summed E-state index contributed by atoms with van der Waals surface area (Å²) in [6.45, 7) is -0.187. The lowest BCUT2D eigenvalue weighted by Crippen LogP contribution is -2.47. The van der Waals surface area contributed by atoms with Crippen LogP contribution in [0.15, 0.2) is 48.5 Å². The van der Waals surface area contributed by atoms with Gasteiger partial charge in [-0.2, -0.15) is 11.8 Å². The summed E-state index contributed by atoms with van der Waals surface area (Å²) in [6.07, 6.45) is -2.81. The van der Waals surface area contributed by atoms with Crippen molar-refractivity contribution in [1.29, 1.82) is 0 Å². The fourth-order valence-corrected chi connectivity index (χ4v) is 3.42. The average molecular weight is 485 g/mol. The van der Waals surface area contributed by atoms with Crippen LogP contribution in [-0.2, 0) is 11.3 Å². The monoisotopic (exact) mass is 485 g/mol. The lowest BCUT2D eigenvalue weighted by atomic mass is 10.1. The third-order valence-electron chi connectivity index (χ3n) is 4.52. The van der Waals surface area contributed by atoms with Gasteiger partial charge in [0.05, 0.1) is 4.92 Å². The van der Waals surface area contributed by atoms with E-state index in [1.54, 1.807) is 0 Å². The summed E-state index contributed by atoms with van der Waals surface area (Å²) < 4.78 is 42.0. The largest absolute Gasteiger partial charge is 0.573 e. The molecule has 0 heterocycles. The Morgan fingerprint density at radius 3 is 2.55 bits per heavy atom. The molecule has 0 spiro atoms. The van der Waals surface area contributed by atoms with Crippen molar-refractivity contribution in [3.63, 3.8) is 0 Å². The van der Waals surface area contributed by atoms with Crippen molar-refractivity contribution in [1.82, 2.24) is 10.2 Å². The van der Waals surface area contributed by atoms with Crippen LogP contribution in [0.2, 0.25) is 0 Å². The van der Waals surface area contributed by atoms with Crippen LogP contribution < -0.4 is 10.1 Å². The van der Waals surface area contributed by atoms with Gasteiger partial charge in [-0.15, -0.1) is 13.2 Å². The van der Waals surface area contributed by atoms with Crippen molar-refractivity contribution in [2.45, 2.75) is 25.4 Å². The number of ether oxygens (including phenoxy) is 1. The number of para-hydroxylation sites is 1. The second-order valence-electron chi connectivity index (χ2n) is 6.96. The van der Waals surface area contributed by atoms with Crippen molar-refractivity contribution >= 4 is 29.3 Å². The number of rotatable bonds is 10. The van der Waals surface area contributed by atoms with Gasteiger partial charge in [-0.3, -0.25) is 19.7 Å². The number of hydrogen-bond acceptors (Lipinski definition) is 6. The van der Waals surface area contributed by atoms with E-state index in [9.17, 15) is 32.9 Å². The van der Waals surface area contributed by atoms with E-state index >= 15 is 0 Å². The Balaban J connectivity index is 2.18. The number of carbonyl (C=O) groups is 2. The number of likely N-dealkylation sites (N-methyl/N-ethyl adjacent to an activating group) is 1. The lowest BCUT2D eigenvalue weighted by Gasteiger charge is -2.25. The predicted octanol–water partition coefficient (Wildman–Crippen LogP) is 4.00. The van der Waals surface area contributed by atoms with Crippen LogP contribution >= 0.6 is 11.8 Å². The molecule has 2 aromatic rings. The number of thioether (sulfide) groups is 1. The van der Waals surface area contributed by atoms with E-state index in [0.29, 0.717) is 5.75 Å². The molecule has 12 heteroatoms. The molecule has 0 aliphatic carbocycles. The number of nitrogens with zero attached hydrogens (tertiary/aromatic N) is 2. The van der Waals surface area contributed by atoms with Gasteiger partial charge in [0.15, 0.2) is 0 Å². The maximum Gasteiger partial charge on any atom is 0.573 e. The highest BCUT2D eigenvalue weighted by atomic mass is 32.2. The van der Waals surface area contributed by atoms with E-state index in [1.165, 1.54) is 60.1 Å². The fraction of sp³-hybridized carbons (Fsp3) is 0.333. The van der Waals surface area contributed by atoms with Gasteiger partial charge in [-0.05, 0) is 30.6 Å². The van der Waals surface area contributed by atoms with Crippen LogP contribution in [0.1, 0.15) is 22.3 Å². The molecule has 0 saturated carbocycles. The molecule has 2 amide bonds. The quantitative estimate of drug-likeness (QED) is 0.403. The average Bonchev–Trinajstić information content (AvgIpc) is 2.76. The smallest absolute Gasteiger partial charge is 0.405 e. The van der Waals surface area contributed by atoms with Gasteiger partial charge in [-0.1, -0.05) is 24.3 Å². The number of benzene rings is 2. The second kappa shape index (κ2) is 11.5. The van der Waals surface area contributed by atoms with Crippen LogP contribution in [-0.4, -0.2) is 53.1 Å². The van der Waals surface area contributed by atoms with Gasteiger partial charge in [0.2, 0.25) is 5.91 Å². The van der Waals surface area contributed by atoms with Crippen molar-refractivity contribution in [2.24, 2.45) is 0 Å². The maximum absolute atomic E-state index is 13.0. The van der Waals surface area contributed by atoms with Gasteiger partial charge in [0, 0.05) is 36.9 Å². The van der Waals surface area contributed by atoms with E-state index in [-0.39, 0.29) is 29.8 Å². The zero-order chi connectivity index (χ0) is 24.6. The number of nitro benzene ring substituents is 1. The van der Waals surface area contributed by atoms with Crippen molar-refractivity contribution in [3.05, 3.63) is 69.8 Å². The summed E-state index contributed by atoms with van der Waals surface area (Å²) in [6, 6.07) is 9.55. The minimum absolute atomic E-state index is 0.0118. The van der Waals surface area contributed by atoms with E-state index in [4.69, 9.17) is 0 Å². The molecule has 1 unspecified atom stereocenters. The molecule has 2 aromatic carbocycles. The lowest BCUT2D eigenvalue weighted by molar-refractivity contribution is -0.384. The summed E-state index contributed by atoms with van der Waals surface area (Å²) >= 11 is 1.44. The summed E-state index contributed by atoms with van der Waals surface area (Å²) in [7, 11) is 1.40. The molecule has 0 aromatic heterocycles. The first-order valence-corrected chi connectivity index (χ1v) is 11.0. The highest BCUT2D eigenvalue weighted by Crippen LogP contribution is 2.27. The third kappa shape index (κ3) is 7.97. The Kier molecular flexibility index (Phi) is 9.09. The van der Waals surface area contributed by atoms with Crippen LogP contribution in [0.5, 0.6) is 5.75 Å². The zero-order valence-electron chi connectivity index (χ0n) is 17.8. The summed E-state index contributed by atoms with van der Waals surface area (Å²) in [5.41, 5.74) is -0.120. The van der Waals surface area contributed by atoms with Gasteiger partial charge in [0.1, 0.15) is 11.8 Å². The molecule has 1 atom stereocenters. The van der Waals surface area contributed by atoms with Crippen molar-refractivity contribution in [2.75, 3.05) is 19.1 Å². The fourth-order valence-electron chi connectivity index (χ4n) is 2.95. The van der Waals surface area contributed by atoms with Crippen molar-refractivity contribution < 1.29 is 32.4 Å². The Labute approximate surface area is 192 Å². The third-order valence-corrected chi connectivity index (χ3v) is 5.16. The van der Waals surface area contributed by atoms with Crippen molar-refractivity contribution in [3.8, 4) is 5.75 Å². The van der Waals surface area contributed by atoms with Gasteiger partial charge in [-0.25, -0.2) is 0 Å². The number of alkyl halides is 3. The molecule has 0 bridgehead atoms. The van der Waals surface area contributed by atoms with Crippen LogP contribution in [0.4, 0.5) is 18.9 Å². The Hall–Kier alpha value is -3.28. The Bertz CT molecular complexity index is 1000. The first kappa shape index (κ1) is 26.0. The molecule has 0 saturated heterocycles. The van der Waals surface area contributed by atoms with E-state index in [2.05, 4.69) is 10.1 Å². The summed E-state index contributed by atoms with van der Waals surface area (Å²) in [5, 5.41) is 13.5. The van der Waals surface area contributed by atoms with Gasteiger partial charge >= 0.3 is 6.36 Å². The van der Waals surface area contributed by atoms with Gasteiger partial charge in [0.25, 0.3) is 11.6 Å². The molecule has 0 fully saturated rings. The molecular formula is C21H22F3N3O5S. The number of halogens is 3. The molecule has 0 radical (unpaired) electrons. The number of nitrogens with one attached hydrogen (secondary N) is 1. The van der Waals surface area contributed by atoms with E-state index in [1.807, 2.05) is 6.26 Å².